The summed E-state index contributed by atoms with van der Waals surface area (Å²) < 4.78 is 32.5. The smallest absolute Gasteiger partial charge is 0.338 e. The van der Waals surface area contributed by atoms with Crippen molar-refractivity contribution < 1.29 is 17.9 Å². The highest BCUT2D eigenvalue weighted by atomic mass is 35.5. The first-order valence-corrected chi connectivity index (χ1v) is 11.8. The number of carbonyl (C=O) groups is 1. The van der Waals surface area contributed by atoms with Gasteiger partial charge >= 0.3 is 5.97 Å². The molecule has 0 aliphatic rings. The lowest BCUT2D eigenvalue weighted by Crippen LogP contribution is -2.08. The Morgan fingerprint density at radius 1 is 1.18 bits per heavy atom. The van der Waals surface area contributed by atoms with E-state index in [0.717, 1.165) is 22.9 Å². The zero-order valence-electron chi connectivity index (χ0n) is 15.7. The van der Waals surface area contributed by atoms with Gasteiger partial charge in [-0.05, 0) is 60.2 Å². The molecule has 28 heavy (non-hydrogen) atoms. The van der Waals surface area contributed by atoms with Crippen molar-refractivity contribution in [1.82, 2.24) is 0 Å². The van der Waals surface area contributed by atoms with Gasteiger partial charge in [-0.15, -0.1) is 11.3 Å². The molecular weight excluding hydrogens is 416 g/mol. The number of fused-ring (bicyclic) bond motifs is 1. The number of benzene rings is 2. The summed E-state index contributed by atoms with van der Waals surface area (Å²) in [7, 11) is -3.56. The second-order valence-electron chi connectivity index (χ2n) is 6.60. The molecule has 148 valence electrons. The van der Waals surface area contributed by atoms with Gasteiger partial charge < -0.3 is 4.74 Å². The molecule has 2 aromatic carbocycles. The van der Waals surface area contributed by atoms with Gasteiger partial charge in [-0.1, -0.05) is 37.1 Å². The molecule has 0 fully saturated rings. The minimum absolute atomic E-state index is 0.176. The molecule has 3 aromatic rings. The lowest BCUT2D eigenvalue weighted by Gasteiger charge is -2.07. The topological polar surface area (TPSA) is 60.4 Å². The van der Waals surface area contributed by atoms with E-state index in [1.165, 1.54) is 11.3 Å². The fourth-order valence-corrected chi connectivity index (χ4v) is 6.31. The van der Waals surface area contributed by atoms with Crippen molar-refractivity contribution in [3.8, 4) is 0 Å². The number of aryl methyl sites for hydroxylation is 1. The van der Waals surface area contributed by atoms with E-state index in [2.05, 4.69) is 0 Å². The van der Waals surface area contributed by atoms with Crippen LogP contribution in [0.1, 0.15) is 41.3 Å². The van der Waals surface area contributed by atoms with Gasteiger partial charge in [0.15, 0.2) is 9.84 Å². The van der Waals surface area contributed by atoms with Gasteiger partial charge in [0.1, 0.15) is 4.21 Å². The van der Waals surface area contributed by atoms with Crippen LogP contribution in [0.5, 0.6) is 0 Å². The van der Waals surface area contributed by atoms with E-state index < -0.39 is 15.8 Å². The van der Waals surface area contributed by atoms with E-state index in [0.29, 0.717) is 32.5 Å². The third kappa shape index (κ3) is 4.57. The number of unbranched alkanes of at least 4 members (excludes halogenated alkanes) is 1. The highest BCUT2D eigenvalue weighted by Crippen LogP contribution is 2.36. The molecule has 0 aliphatic heterocycles. The van der Waals surface area contributed by atoms with Gasteiger partial charge in [0.05, 0.1) is 17.9 Å². The lowest BCUT2D eigenvalue weighted by atomic mass is 10.1. The van der Waals surface area contributed by atoms with Crippen LogP contribution in [0.2, 0.25) is 5.02 Å². The van der Waals surface area contributed by atoms with Crippen LogP contribution in [0.25, 0.3) is 10.1 Å². The van der Waals surface area contributed by atoms with Crippen molar-refractivity contribution in [3.63, 3.8) is 0 Å². The Labute approximate surface area is 174 Å². The summed E-state index contributed by atoms with van der Waals surface area (Å²) in [6.45, 7) is 4.17. The molecule has 0 saturated carbocycles. The zero-order valence-corrected chi connectivity index (χ0v) is 18.1. The molecule has 0 atom stereocenters. The van der Waals surface area contributed by atoms with E-state index in [4.69, 9.17) is 16.3 Å². The number of thiophene rings is 1. The zero-order chi connectivity index (χ0) is 20.3. The highest BCUT2D eigenvalue weighted by molar-refractivity contribution is 7.93. The van der Waals surface area contributed by atoms with E-state index in [1.54, 1.807) is 43.3 Å². The molecule has 7 heteroatoms. The van der Waals surface area contributed by atoms with Crippen molar-refractivity contribution in [2.24, 2.45) is 0 Å². The quantitative estimate of drug-likeness (QED) is 0.347. The number of halogens is 1. The molecule has 4 nitrogen and oxygen atoms in total. The first-order chi connectivity index (χ1) is 13.3. The normalized spacial score (nSPS) is 11.7. The summed E-state index contributed by atoms with van der Waals surface area (Å²) in [5, 5.41) is 1.43. The number of esters is 1. The predicted octanol–water partition coefficient (Wildman–Crippen LogP) is 5.79. The van der Waals surface area contributed by atoms with Crippen LogP contribution in [0.3, 0.4) is 0 Å². The molecule has 0 spiro atoms. The van der Waals surface area contributed by atoms with Crippen molar-refractivity contribution >= 4 is 48.8 Å². The van der Waals surface area contributed by atoms with Crippen LogP contribution in [-0.4, -0.2) is 21.0 Å². The Hall–Kier alpha value is -1.89. The number of ether oxygens (including phenoxy) is 1. The summed E-state index contributed by atoms with van der Waals surface area (Å²) in [5.74, 6) is -0.606. The fraction of sp³-hybridized carbons (Fsp3) is 0.286. The van der Waals surface area contributed by atoms with Crippen molar-refractivity contribution in [3.05, 3.63) is 64.2 Å². The van der Waals surface area contributed by atoms with Gasteiger partial charge in [0.2, 0.25) is 0 Å². The maximum Gasteiger partial charge on any atom is 0.338 e. The Morgan fingerprint density at radius 2 is 1.96 bits per heavy atom. The maximum absolute atomic E-state index is 13.0. The van der Waals surface area contributed by atoms with Gasteiger partial charge in [-0.2, -0.15) is 0 Å². The number of sulfone groups is 1. The van der Waals surface area contributed by atoms with Gasteiger partial charge in [-0.3, -0.25) is 0 Å². The average Bonchev–Trinajstić information content (AvgIpc) is 2.99. The second kappa shape index (κ2) is 8.64. The van der Waals surface area contributed by atoms with Crippen LogP contribution in [0.4, 0.5) is 0 Å². The first-order valence-electron chi connectivity index (χ1n) is 8.99. The number of rotatable bonds is 7. The molecule has 0 radical (unpaired) electrons. The molecule has 0 amide bonds. The van der Waals surface area contributed by atoms with Crippen LogP contribution in [-0.2, 0) is 20.3 Å². The third-order valence-corrected chi connectivity index (χ3v) is 8.29. The molecule has 0 N–H and O–H groups in total. The predicted molar refractivity (Wildman–Crippen MR) is 114 cm³/mol. The monoisotopic (exact) mass is 436 g/mol. The van der Waals surface area contributed by atoms with Crippen LogP contribution >= 0.6 is 22.9 Å². The minimum atomic E-state index is -3.56. The Morgan fingerprint density at radius 3 is 2.71 bits per heavy atom. The van der Waals surface area contributed by atoms with E-state index in [9.17, 15) is 13.2 Å². The molecule has 0 unspecified atom stereocenters. The molecule has 0 saturated heterocycles. The van der Waals surface area contributed by atoms with Gasteiger partial charge in [-0.25, -0.2) is 13.2 Å². The molecule has 1 heterocycles. The van der Waals surface area contributed by atoms with Crippen molar-refractivity contribution in [1.29, 1.82) is 0 Å². The van der Waals surface area contributed by atoms with Crippen molar-refractivity contribution in [2.45, 2.75) is 36.7 Å². The number of carbonyl (C=O) groups excluding carboxylic acids is 1. The fourth-order valence-electron chi connectivity index (χ4n) is 2.93. The number of hydrogen-bond donors (Lipinski definition) is 0. The Kier molecular flexibility index (Phi) is 6.43. The minimum Gasteiger partial charge on any atom is -0.462 e. The molecule has 3 rings (SSSR count). The summed E-state index contributed by atoms with van der Waals surface area (Å²) in [6, 6.07) is 12.0. The Bertz CT molecular complexity index is 1120. The number of hydrogen-bond acceptors (Lipinski definition) is 5. The standard InChI is InChI=1S/C21H21ClO4S2/c1-3-4-10-26-20(23)16-7-5-6-15(11-16)13-28(24,25)21-14(2)18-12-17(22)8-9-19(18)27-21/h5-9,11-12H,3-4,10,13H2,1-2H3. The molecule has 1 aromatic heterocycles. The largest absolute Gasteiger partial charge is 0.462 e. The maximum atomic E-state index is 13.0. The summed E-state index contributed by atoms with van der Waals surface area (Å²) in [5.41, 5.74) is 1.63. The van der Waals surface area contributed by atoms with Gasteiger partial charge in [0.25, 0.3) is 0 Å². The van der Waals surface area contributed by atoms with E-state index in [-0.39, 0.29) is 5.75 Å². The van der Waals surface area contributed by atoms with Crippen LogP contribution in [0, 0.1) is 6.92 Å². The second-order valence-corrected chi connectivity index (χ2v) is 10.3. The summed E-state index contributed by atoms with van der Waals surface area (Å²) in [6.07, 6.45) is 1.74. The highest BCUT2D eigenvalue weighted by Gasteiger charge is 2.23. The SMILES string of the molecule is CCCCOC(=O)c1cccc(CS(=O)(=O)c2sc3ccc(Cl)cc3c2C)c1. The summed E-state index contributed by atoms with van der Waals surface area (Å²) in [4.78, 5) is 12.1. The van der Waals surface area contributed by atoms with Gasteiger partial charge in [0, 0.05) is 9.72 Å². The van der Waals surface area contributed by atoms with Crippen LogP contribution < -0.4 is 0 Å². The Balaban J connectivity index is 1.86. The summed E-state index contributed by atoms with van der Waals surface area (Å²) >= 11 is 7.29. The first kappa shape index (κ1) is 20.8. The lowest BCUT2D eigenvalue weighted by molar-refractivity contribution is 0.0499. The third-order valence-electron chi connectivity index (χ3n) is 4.39. The van der Waals surface area contributed by atoms with Crippen molar-refractivity contribution in [2.75, 3.05) is 6.61 Å². The average molecular weight is 437 g/mol. The molecule has 0 bridgehead atoms. The molecule has 0 aliphatic carbocycles. The van der Waals surface area contributed by atoms with E-state index in [1.807, 2.05) is 13.0 Å². The van der Waals surface area contributed by atoms with Crippen LogP contribution in [0.15, 0.2) is 46.7 Å². The molecular formula is C21H21ClO4S2. The van der Waals surface area contributed by atoms with E-state index >= 15 is 0 Å².